The zero-order chi connectivity index (χ0) is 13.8. The summed E-state index contributed by atoms with van der Waals surface area (Å²) >= 11 is 0. The molecule has 2 rings (SSSR count). The van der Waals surface area contributed by atoms with E-state index in [2.05, 4.69) is 20.7 Å². The number of amides is 1. The summed E-state index contributed by atoms with van der Waals surface area (Å²) in [7, 11) is 0. The van der Waals surface area contributed by atoms with Crippen LogP contribution in [-0.2, 0) is 0 Å². The van der Waals surface area contributed by atoms with Crippen LogP contribution in [0.2, 0.25) is 0 Å². The van der Waals surface area contributed by atoms with Crippen molar-refractivity contribution in [3.63, 3.8) is 0 Å². The van der Waals surface area contributed by atoms with Crippen molar-refractivity contribution in [2.45, 2.75) is 0 Å². The fourth-order valence-electron chi connectivity index (χ4n) is 1.43. The number of aromatic nitrogens is 2. The van der Waals surface area contributed by atoms with Crippen molar-refractivity contribution in [3.05, 3.63) is 47.5 Å². The minimum atomic E-state index is -0.656. The molecule has 0 unspecified atom stereocenters. The highest BCUT2D eigenvalue weighted by atomic mass is 19.1. The molecule has 5 N–H and O–H groups in total. The van der Waals surface area contributed by atoms with Crippen LogP contribution in [0.4, 0.5) is 10.1 Å². The Bertz CT molecular complexity index is 624. The van der Waals surface area contributed by atoms with E-state index in [0.717, 1.165) is 6.07 Å². The van der Waals surface area contributed by atoms with E-state index in [9.17, 15) is 9.18 Å². The van der Waals surface area contributed by atoms with E-state index >= 15 is 0 Å². The van der Waals surface area contributed by atoms with Crippen molar-refractivity contribution in [3.8, 4) is 0 Å². The fraction of sp³-hybridized carbons (Fsp3) is 0. The predicted octanol–water partition coefficient (Wildman–Crippen LogP) is 0.896. The summed E-state index contributed by atoms with van der Waals surface area (Å²) in [5.74, 6) is -1.45. The van der Waals surface area contributed by atoms with Gasteiger partial charge in [-0.15, -0.1) is 0 Å². The highest BCUT2D eigenvalue weighted by Gasteiger charge is 2.11. The number of nitrogens with two attached hydrogens (primary N) is 1. The number of aromatic amines is 1. The molecule has 8 heteroatoms. The third-order valence-corrected chi connectivity index (χ3v) is 2.37. The van der Waals surface area contributed by atoms with E-state index in [0.29, 0.717) is 11.3 Å². The Balaban J connectivity index is 2.25. The van der Waals surface area contributed by atoms with Gasteiger partial charge in [0.1, 0.15) is 5.82 Å². The predicted molar refractivity (Wildman–Crippen MR) is 65.5 cm³/mol. The number of amidine groups is 1. The second-order valence-corrected chi connectivity index (χ2v) is 3.62. The van der Waals surface area contributed by atoms with Crippen LogP contribution >= 0.6 is 0 Å². The Morgan fingerprint density at radius 2 is 2.32 bits per heavy atom. The summed E-state index contributed by atoms with van der Waals surface area (Å²) in [5.41, 5.74) is 5.86. The molecule has 1 aromatic carbocycles. The largest absolute Gasteiger partial charge is 0.409 e. The van der Waals surface area contributed by atoms with Gasteiger partial charge < -0.3 is 16.3 Å². The van der Waals surface area contributed by atoms with Crippen molar-refractivity contribution < 1.29 is 14.4 Å². The molecule has 0 saturated heterocycles. The highest BCUT2D eigenvalue weighted by Crippen LogP contribution is 2.15. The van der Waals surface area contributed by atoms with Gasteiger partial charge >= 0.3 is 0 Å². The van der Waals surface area contributed by atoms with Crippen molar-refractivity contribution >= 4 is 17.4 Å². The molecule has 0 fully saturated rings. The van der Waals surface area contributed by atoms with Crippen LogP contribution in [0, 0.1) is 5.82 Å². The second kappa shape index (κ2) is 5.17. The molecular formula is C11H10FN5O2. The summed E-state index contributed by atoms with van der Waals surface area (Å²) in [6.07, 6.45) is 2.77. The molecule has 0 bridgehead atoms. The Morgan fingerprint density at radius 1 is 1.53 bits per heavy atom. The van der Waals surface area contributed by atoms with E-state index in [1.54, 1.807) is 0 Å². The van der Waals surface area contributed by atoms with E-state index < -0.39 is 11.7 Å². The standard InChI is InChI=1S/C11H10FN5O2/c12-9-2-1-7(3-8(9)10(13)17-19)16-11(18)6-4-14-15-5-6/h1-5,19H,(H2,13,17)(H,14,15)(H,16,18). The first-order chi connectivity index (χ1) is 9.11. The summed E-state index contributed by atoms with van der Waals surface area (Å²) in [6, 6.07) is 3.74. The number of anilines is 1. The third kappa shape index (κ3) is 2.68. The maximum absolute atomic E-state index is 13.4. The average Bonchev–Trinajstić information content (AvgIpc) is 2.94. The highest BCUT2D eigenvalue weighted by molar-refractivity contribution is 6.05. The number of carbonyl (C=O) groups excluding carboxylic acids is 1. The molecule has 0 aliphatic carbocycles. The monoisotopic (exact) mass is 263 g/mol. The zero-order valence-electron chi connectivity index (χ0n) is 9.59. The number of benzene rings is 1. The van der Waals surface area contributed by atoms with Crippen LogP contribution in [0.15, 0.2) is 35.7 Å². The molecule has 0 atom stereocenters. The van der Waals surface area contributed by atoms with Crippen LogP contribution in [0.25, 0.3) is 0 Å². The van der Waals surface area contributed by atoms with Crippen LogP contribution in [0.1, 0.15) is 15.9 Å². The van der Waals surface area contributed by atoms with Crippen LogP contribution in [0.5, 0.6) is 0 Å². The fourth-order valence-corrected chi connectivity index (χ4v) is 1.43. The second-order valence-electron chi connectivity index (χ2n) is 3.62. The molecule has 0 aliphatic heterocycles. The maximum Gasteiger partial charge on any atom is 0.258 e. The number of hydrogen-bond donors (Lipinski definition) is 4. The van der Waals surface area contributed by atoms with Crippen LogP contribution in [0.3, 0.4) is 0 Å². The van der Waals surface area contributed by atoms with Crippen molar-refractivity contribution in [1.29, 1.82) is 0 Å². The molecule has 1 heterocycles. The lowest BCUT2D eigenvalue weighted by Crippen LogP contribution is -2.17. The summed E-state index contributed by atoms with van der Waals surface area (Å²) in [5, 5.41) is 19.9. The van der Waals surface area contributed by atoms with Gasteiger partial charge in [-0.3, -0.25) is 9.89 Å². The first kappa shape index (κ1) is 12.6. The lowest BCUT2D eigenvalue weighted by Gasteiger charge is -2.06. The molecule has 1 aromatic heterocycles. The van der Waals surface area contributed by atoms with Gasteiger partial charge in [0, 0.05) is 11.9 Å². The molecular weight excluding hydrogens is 253 g/mol. The van der Waals surface area contributed by atoms with Crippen molar-refractivity contribution in [2.24, 2.45) is 10.9 Å². The Kier molecular flexibility index (Phi) is 3.42. The number of rotatable bonds is 3. The van der Waals surface area contributed by atoms with Gasteiger partial charge in [-0.2, -0.15) is 5.10 Å². The van der Waals surface area contributed by atoms with E-state index in [4.69, 9.17) is 10.9 Å². The van der Waals surface area contributed by atoms with Gasteiger partial charge in [0.05, 0.1) is 17.3 Å². The van der Waals surface area contributed by atoms with Gasteiger partial charge in [0.25, 0.3) is 5.91 Å². The molecule has 0 saturated carbocycles. The summed E-state index contributed by atoms with van der Waals surface area (Å²) in [6.45, 7) is 0. The first-order valence-corrected chi connectivity index (χ1v) is 5.19. The molecule has 2 aromatic rings. The van der Waals surface area contributed by atoms with Gasteiger partial charge in [-0.25, -0.2) is 4.39 Å². The smallest absolute Gasteiger partial charge is 0.258 e. The number of nitrogens with zero attached hydrogens (tertiary/aromatic N) is 2. The van der Waals surface area contributed by atoms with Crippen molar-refractivity contribution in [1.82, 2.24) is 10.2 Å². The Morgan fingerprint density at radius 3 is 2.95 bits per heavy atom. The van der Waals surface area contributed by atoms with Gasteiger partial charge in [-0.05, 0) is 18.2 Å². The Labute approximate surface area is 106 Å². The summed E-state index contributed by atoms with van der Waals surface area (Å²) < 4.78 is 13.4. The number of oxime groups is 1. The van der Waals surface area contributed by atoms with Gasteiger partial charge in [-0.1, -0.05) is 5.16 Å². The molecule has 0 aliphatic rings. The lowest BCUT2D eigenvalue weighted by molar-refractivity contribution is 0.102. The van der Waals surface area contributed by atoms with Crippen molar-refractivity contribution in [2.75, 3.05) is 5.32 Å². The number of nitrogens with one attached hydrogen (secondary N) is 2. The zero-order valence-corrected chi connectivity index (χ0v) is 9.59. The van der Waals surface area contributed by atoms with E-state index in [1.807, 2.05) is 0 Å². The van der Waals surface area contributed by atoms with Gasteiger partial charge in [0.15, 0.2) is 5.84 Å². The third-order valence-electron chi connectivity index (χ3n) is 2.37. The molecule has 0 radical (unpaired) electrons. The lowest BCUT2D eigenvalue weighted by atomic mass is 10.1. The summed E-state index contributed by atoms with van der Waals surface area (Å²) in [4.78, 5) is 11.7. The van der Waals surface area contributed by atoms with Crippen LogP contribution < -0.4 is 11.1 Å². The average molecular weight is 263 g/mol. The SMILES string of the molecule is NC(=NO)c1cc(NC(=O)c2cn[nH]c2)ccc1F. The molecule has 0 spiro atoms. The number of hydrogen-bond acceptors (Lipinski definition) is 4. The van der Waals surface area contributed by atoms with E-state index in [1.165, 1.54) is 24.5 Å². The molecule has 1 amide bonds. The maximum atomic E-state index is 13.4. The number of H-pyrrole nitrogens is 1. The van der Waals surface area contributed by atoms with E-state index in [-0.39, 0.29) is 11.4 Å². The quantitative estimate of drug-likeness (QED) is 0.285. The minimum Gasteiger partial charge on any atom is -0.409 e. The first-order valence-electron chi connectivity index (χ1n) is 5.19. The molecule has 98 valence electrons. The van der Waals surface area contributed by atoms with Gasteiger partial charge in [0.2, 0.25) is 0 Å². The minimum absolute atomic E-state index is 0.104. The topological polar surface area (TPSA) is 116 Å². The molecule has 7 nitrogen and oxygen atoms in total. The number of carbonyl (C=O) groups is 1. The van der Waals surface area contributed by atoms with Crippen LogP contribution in [-0.4, -0.2) is 27.1 Å². The normalized spacial score (nSPS) is 11.3. The number of halogens is 1. The molecule has 19 heavy (non-hydrogen) atoms. The Hall–Kier alpha value is -2.90.